The van der Waals surface area contributed by atoms with Gasteiger partial charge in [0.05, 0.1) is 22.8 Å². The van der Waals surface area contributed by atoms with Crippen LogP contribution in [0.5, 0.6) is 0 Å². The van der Waals surface area contributed by atoms with Crippen molar-refractivity contribution in [2.75, 3.05) is 30.3 Å². The summed E-state index contributed by atoms with van der Waals surface area (Å²) in [5.41, 5.74) is 2.43. The van der Waals surface area contributed by atoms with Crippen molar-refractivity contribution in [3.8, 4) is 11.4 Å². The first kappa shape index (κ1) is 23.2. The lowest BCUT2D eigenvalue weighted by atomic mass is 10.2. The highest BCUT2D eigenvalue weighted by atomic mass is 32.2. The maximum absolute atomic E-state index is 13.0. The van der Waals surface area contributed by atoms with Gasteiger partial charge in [0.1, 0.15) is 0 Å². The Hall–Kier alpha value is -2.43. The maximum atomic E-state index is 13.0. The first-order chi connectivity index (χ1) is 15.0. The number of thiophene rings is 1. The minimum Gasteiger partial charge on any atom is -0.383 e. The van der Waals surface area contributed by atoms with Gasteiger partial charge in [0, 0.05) is 30.6 Å². The van der Waals surface area contributed by atoms with Gasteiger partial charge in [-0.25, -0.2) is 8.42 Å². The topological polar surface area (TPSA) is 100 Å². The molecule has 2 aromatic heterocycles. The van der Waals surface area contributed by atoms with Gasteiger partial charge in [-0.2, -0.15) is 20.6 Å². The SMILES string of the molecule is CCCCNc1ccc(S(=O)(=O)N(CC)CC)cc1NCc1nc(-c2ccsc2)no1. The molecule has 0 saturated carbocycles. The highest BCUT2D eigenvalue weighted by molar-refractivity contribution is 7.89. The number of nitrogens with zero attached hydrogens (tertiary/aromatic N) is 3. The number of rotatable bonds is 12. The van der Waals surface area contributed by atoms with Gasteiger partial charge in [-0.1, -0.05) is 32.3 Å². The number of sulfonamides is 1. The van der Waals surface area contributed by atoms with E-state index in [-0.39, 0.29) is 11.4 Å². The van der Waals surface area contributed by atoms with Crippen molar-refractivity contribution in [2.45, 2.75) is 45.1 Å². The van der Waals surface area contributed by atoms with Crippen LogP contribution in [0, 0.1) is 0 Å². The van der Waals surface area contributed by atoms with Crippen LogP contribution >= 0.6 is 11.3 Å². The molecule has 1 aromatic carbocycles. The molecule has 2 heterocycles. The van der Waals surface area contributed by atoms with E-state index in [2.05, 4.69) is 27.7 Å². The van der Waals surface area contributed by atoms with Crippen LogP contribution in [0.1, 0.15) is 39.5 Å². The van der Waals surface area contributed by atoms with Gasteiger partial charge in [-0.15, -0.1) is 0 Å². The Balaban J connectivity index is 1.83. The third kappa shape index (κ3) is 5.63. The van der Waals surface area contributed by atoms with Crippen molar-refractivity contribution in [1.82, 2.24) is 14.4 Å². The van der Waals surface area contributed by atoms with Gasteiger partial charge in [0.25, 0.3) is 0 Å². The lowest BCUT2D eigenvalue weighted by Gasteiger charge is -2.20. The number of hydrogen-bond acceptors (Lipinski definition) is 8. The molecule has 0 aliphatic heterocycles. The lowest BCUT2D eigenvalue weighted by molar-refractivity contribution is 0.384. The van der Waals surface area contributed by atoms with E-state index in [0.29, 0.717) is 30.5 Å². The molecule has 8 nitrogen and oxygen atoms in total. The molecule has 0 aliphatic rings. The van der Waals surface area contributed by atoms with E-state index in [1.165, 1.54) is 4.31 Å². The van der Waals surface area contributed by atoms with Gasteiger partial charge in [0.15, 0.2) is 0 Å². The Kier molecular flexibility index (Phi) is 8.05. The summed E-state index contributed by atoms with van der Waals surface area (Å²) in [7, 11) is -3.56. The second-order valence-corrected chi connectivity index (χ2v) is 9.67. The van der Waals surface area contributed by atoms with Crippen LogP contribution in [-0.2, 0) is 16.6 Å². The molecule has 0 atom stereocenters. The summed E-state index contributed by atoms with van der Waals surface area (Å²) in [4.78, 5) is 4.67. The summed E-state index contributed by atoms with van der Waals surface area (Å²) in [5, 5.41) is 14.6. The molecule has 2 N–H and O–H groups in total. The molecule has 10 heteroatoms. The summed E-state index contributed by atoms with van der Waals surface area (Å²) in [6.45, 7) is 7.73. The first-order valence-electron chi connectivity index (χ1n) is 10.5. The van der Waals surface area contributed by atoms with Crippen LogP contribution in [0.3, 0.4) is 0 Å². The number of unbranched alkanes of at least 4 members (excludes halogenated alkanes) is 1. The predicted molar refractivity (Wildman–Crippen MR) is 125 cm³/mol. The van der Waals surface area contributed by atoms with Gasteiger partial charge in [-0.3, -0.25) is 0 Å². The van der Waals surface area contributed by atoms with Crippen molar-refractivity contribution < 1.29 is 12.9 Å². The molecule has 31 heavy (non-hydrogen) atoms. The fraction of sp³-hybridized carbons (Fsp3) is 0.429. The summed E-state index contributed by atoms with van der Waals surface area (Å²) in [6.07, 6.45) is 2.09. The molecule has 0 bridgehead atoms. The number of nitrogens with one attached hydrogen (secondary N) is 2. The number of hydrogen-bond donors (Lipinski definition) is 2. The minimum atomic E-state index is -3.56. The fourth-order valence-corrected chi connectivity index (χ4v) is 5.22. The van der Waals surface area contributed by atoms with Crippen molar-refractivity contribution in [3.05, 3.63) is 40.9 Å². The van der Waals surface area contributed by atoms with Crippen LogP contribution in [0.25, 0.3) is 11.4 Å². The Bertz CT molecular complexity index is 1060. The molecule has 168 valence electrons. The van der Waals surface area contributed by atoms with Gasteiger partial charge < -0.3 is 15.2 Å². The monoisotopic (exact) mass is 463 g/mol. The highest BCUT2D eigenvalue weighted by Gasteiger charge is 2.22. The fourth-order valence-electron chi connectivity index (χ4n) is 3.10. The van der Waals surface area contributed by atoms with E-state index < -0.39 is 10.0 Å². The Morgan fingerprint density at radius 2 is 1.90 bits per heavy atom. The van der Waals surface area contributed by atoms with Crippen LogP contribution in [-0.4, -0.2) is 42.5 Å². The number of anilines is 2. The molecular formula is C21H29N5O3S2. The molecule has 0 spiro atoms. The van der Waals surface area contributed by atoms with E-state index in [4.69, 9.17) is 4.52 Å². The Morgan fingerprint density at radius 3 is 2.58 bits per heavy atom. The molecule has 0 aliphatic carbocycles. The standard InChI is InChI=1S/C21H29N5O3S2/c1-4-7-11-22-18-9-8-17(31(27,28)26(5-2)6-3)13-19(18)23-14-20-24-21(25-29-20)16-10-12-30-15-16/h8-10,12-13,15,22-23H,4-7,11,14H2,1-3H3. The lowest BCUT2D eigenvalue weighted by Crippen LogP contribution is -2.30. The largest absolute Gasteiger partial charge is 0.383 e. The average molecular weight is 464 g/mol. The van der Waals surface area contributed by atoms with E-state index in [0.717, 1.165) is 30.6 Å². The van der Waals surface area contributed by atoms with Gasteiger partial charge >= 0.3 is 0 Å². The van der Waals surface area contributed by atoms with Crippen LogP contribution in [0.15, 0.2) is 44.4 Å². The quantitative estimate of drug-likeness (QED) is 0.377. The maximum Gasteiger partial charge on any atom is 0.246 e. The summed E-state index contributed by atoms with van der Waals surface area (Å²) in [6, 6.07) is 7.05. The zero-order valence-electron chi connectivity index (χ0n) is 18.1. The molecule has 0 amide bonds. The number of benzene rings is 1. The molecule has 0 unspecified atom stereocenters. The summed E-state index contributed by atoms with van der Waals surface area (Å²) < 4.78 is 32.7. The van der Waals surface area contributed by atoms with E-state index >= 15 is 0 Å². The van der Waals surface area contributed by atoms with E-state index in [1.54, 1.807) is 29.5 Å². The molecule has 0 fully saturated rings. The van der Waals surface area contributed by atoms with Crippen LogP contribution in [0.2, 0.25) is 0 Å². The zero-order chi connectivity index (χ0) is 22.3. The second-order valence-electron chi connectivity index (χ2n) is 6.95. The van der Waals surface area contributed by atoms with Gasteiger partial charge in [-0.05, 0) is 36.1 Å². The van der Waals surface area contributed by atoms with Crippen molar-refractivity contribution in [1.29, 1.82) is 0 Å². The molecule has 0 saturated heterocycles. The molecule has 3 aromatic rings. The van der Waals surface area contributed by atoms with E-state index in [1.807, 2.05) is 30.7 Å². The summed E-state index contributed by atoms with van der Waals surface area (Å²) >= 11 is 1.57. The summed E-state index contributed by atoms with van der Waals surface area (Å²) in [5.74, 6) is 0.968. The smallest absolute Gasteiger partial charge is 0.246 e. The van der Waals surface area contributed by atoms with Crippen molar-refractivity contribution in [2.24, 2.45) is 0 Å². The third-order valence-electron chi connectivity index (χ3n) is 4.86. The molecule has 0 radical (unpaired) electrons. The van der Waals surface area contributed by atoms with Crippen LogP contribution < -0.4 is 10.6 Å². The van der Waals surface area contributed by atoms with Crippen molar-refractivity contribution in [3.63, 3.8) is 0 Å². The Labute approximate surface area is 187 Å². The number of aromatic nitrogens is 2. The minimum absolute atomic E-state index is 0.254. The first-order valence-corrected chi connectivity index (χ1v) is 12.8. The highest BCUT2D eigenvalue weighted by Crippen LogP contribution is 2.28. The Morgan fingerprint density at radius 1 is 1.10 bits per heavy atom. The zero-order valence-corrected chi connectivity index (χ0v) is 19.7. The predicted octanol–water partition coefficient (Wildman–Crippen LogP) is 4.65. The second kappa shape index (κ2) is 10.7. The van der Waals surface area contributed by atoms with Crippen LogP contribution in [0.4, 0.5) is 11.4 Å². The van der Waals surface area contributed by atoms with Gasteiger partial charge in [0.2, 0.25) is 21.7 Å². The third-order valence-corrected chi connectivity index (χ3v) is 7.59. The van der Waals surface area contributed by atoms with Crippen molar-refractivity contribution >= 4 is 32.7 Å². The molecular weight excluding hydrogens is 434 g/mol. The average Bonchev–Trinajstić information content (AvgIpc) is 3.45. The molecule has 3 rings (SSSR count). The van der Waals surface area contributed by atoms with E-state index in [9.17, 15) is 8.42 Å². The normalized spacial score (nSPS) is 11.7.